The van der Waals surface area contributed by atoms with Gasteiger partial charge in [-0.1, -0.05) is 30.3 Å². The summed E-state index contributed by atoms with van der Waals surface area (Å²) in [6.45, 7) is 0.980. The number of carbonyl (C=O) groups is 1. The van der Waals surface area contributed by atoms with Crippen LogP contribution in [0.2, 0.25) is 0 Å². The molecule has 1 aliphatic rings. The summed E-state index contributed by atoms with van der Waals surface area (Å²) < 4.78 is 1.89. The summed E-state index contributed by atoms with van der Waals surface area (Å²) in [6.07, 6.45) is 2.26. The molecule has 6 heteroatoms. The number of benzene rings is 1. The van der Waals surface area contributed by atoms with Gasteiger partial charge in [0.25, 0.3) is 0 Å². The van der Waals surface area contributed by atoms with E-state index in [1.165, 1.54) is 0 Å². The van der Waals surface area contributed by atoms with Crippen molar-refractivity contribution < 1.29 is 9.63 Å². The van der Waals surface area contributed by atoms with Gasteiger partial charge in [-0.3, -0.25) is 9.63 Å². The van der Waals surface area contributed by atoms with Crippen LogP contribution in [0, 0.1) is 5.92 Å². The van der Waals surface area contributed by atoms with E-state index in [0.29, 0.717) is 19.6 Å². The third kappa shape index (κ3) is 2.63. The van der Waals surface area contributed by atoms with E-state index in [4.69, 9.17) is 4.84 Å². The van der Waals surface area contributed by atoms with Crippen LogP contribution < -0.4 is 5.48 Å². The van der Waals surface area contributed by atoms with Crippen molar-refractivity contribution in [3.63, 3.8) is 0 Å². The molecular weight excluding hydrogens is 244 g/mol. The first kappa shape index (κ1) is 11.9. The smallest absolute Gasteiger partial charge is 0.248 e. The number of aromatic nitrogens is 3. The third-order valence-electron chi connectivity index (χ3n) is 3.17. The molecule has 2 heterocycles. The molecule has 1 amide bonds. The molecule has 0 saturated heterocycles. The molecule has 2 aromatic rings. The molecule has 0 fully saturated rings. The van der Waals surface area contributed by atoms with Crippen LogP contribution in [0.3, 0.4) is 0 Å². The van der Waals surface area contributed by atoms with Gasteiger partial charge in [-0.2, -0.15) is 0 Å². The lowest BCUT2D eigenvalue weighted by Gasteiger charge is -2.10. The highest BCUT2D eigenvalue weighted by molar-refractivity contribution is 5.78. The number of nitrogens with one attached hydrogen (secondary N) is 1. The Morgan fingerprint density at radius 2 is 2.26 bits per heavy atom. The van der Waals surface area contributed by atoms with Crippen LogP contribution in [0.1, 0.15) is 11.4 Å². The van der Waals surface area contributed by atoms with E-state index >= 15 is 0 Å². The molecule has 1 aromatic carbocycles. The molecule has 0 radical (unpaired) electrons. The first-order valence-corrected chi connectivity index (χ1v) is 6.15. The van der Waals surface area contributed by atoms with Gasteiger partial charge in [-0.25, -0.2) is 5.48 Å². The second kappa shape index (κ2) is 5.19. The Kier molecular flexibility index (Phi) is 3.24. The highest BCUT2D eigenvalue weighted by Crippen LogP contribution is 2.17. The first-order chi connectivity index (χ1) is 9.33. The minimum Gasteiger partial charge on any atom is -0.317 e. The van der Waals surface area contributed by atoms with Crippen molar-refractivity contribution in [3.8, 4) is 0 Å². The molecule has 1 aliphatic heterocycles. The van der Waals surface area contributed by atoms with Gasteiger partial charge in [0, 0.05) is 13.0 Å². The Hall–Kier alpha value is -2.21. The summed E-state index contributed by atoms with van der Waals surface area (Å²) >= 11 is 0. The van der Waals surface area contributed by atoms with E-state index in [0.717, 1.165) is 11.4 Å². The molecular formula is C13H14N4O2. The Bertz CT molecular complexity index is 547. The van der Waals surface area contributed by atoms with Gasteiger partial charge in [-0.15, -0.1) is 10.2 Å². The van der Waals surface area contributed by atoms with Crippen molar-refractivity contribution >= 4 is 5.91 Å². The summed E-state index contributed by atoms with van der Waals surface area (Å²) in [5.41, 5.74) is 3.52. The molecule has 0 bridgehead atoms. The fourth-order valence-corrected chi connectivity index (χ4v) is 2.14. The maximum absolute atomic E-state index is 11.9. The summed E-state index contributed by atoms with van der Waals surface area (Å²) in [5.74, 6) is 0.617. The van der Waals surface area contributed by atoms with Crippen LogP contribution in [0.25, 0.3) is 0 Å². The predicted molar refractivity (Wildman–Crippen MR) is 66.6 cm³/mol. The zero-order chi connectivity index (χ0) is 13.1. The van der Waals surface area contributed by atoms with Crippen molar-refractivity contribution in [2.45, 2.75) is 19.6 Å². The highest BCUT2D eigenvalue weighted by atomic mass is 16.6. The number of hydrogen-bond acceptors (Lipinski definition) is 4. The average molecular weight is 258 g/mol. The monoisotopic (exact) mass is 258 g/mol. The number of hydroxylamine groups is 1. The summed E-state index contributed by atoms with van der Waals surface area (Å²) in [7, 11) is 0. The molecule has 1 atom stereocenters. The van der Waals surface area contributed by atoms with Crippen molar-refractivity contribution in [3.05, 3.63) is 48.0 Å². The number of carbonyl (C=O) groups excluding carboxylic acids is 1. The van der Waals surface area contributed by atoms with Crippen LogP contribution in [0.4, 0.5) is 0 Å². The van der Waals surface area contributed by atoms with Crippen LogP contribution in [0.5, 0.6) is 0 Å². The zero-order valence-electron chi connectivity index (χ0n) is 10.3. The molecule has 98 valence electrons. The Morgan fingerprint density at radius 1 is 1.42 bits per heavy atom. The summed E-state index contributed by atoms with van der Waals surface area (Å²) in [6, 6.07) is 9.70. The lowest BCUT2D eigenvalue weighted by atomic mass is 10.1. The van der Waals surface area contributed by atoms with E-state index in [1.807, 2.05) is 34.9 Å². The van der Waals surface area contributed by atoms with Gasteiger partial charge in [0.05, 0.1) is 12.5 Å². The topological polar surface area (TPSA) is 69.0 Å². The van der Waals surface area contributed by atoms with Gasteiger partial charge in [0.15, 0.2) is 0 Å². The SMILES string of the molecule is O=C(NOCc1ccccc1)C1Cc2nncn2C1. The van der Waals surface area contributed by atoms with Crippen molar-refractivity contribution in [1.29, 1.82) is 0 Å². The normalized spacial score (nSPS) is 17.2. The molecule has 1 unspecified atom stereocenters. The molecule has 3 rings (SSSR count). The standard InChI is InChI=1S/C13H14N4O2/c18-13(11-6-12-15-14-9-17(12)7-11)16-19-8-10-4-2-1-3-5-10/h1-5,9,11H,6-8H2,(H,16,18). The maximum atomic E-state index is 11.9. The zero-order valence-corrected chi connectivity index (χ0v) is 10.3. The summed E-state index contributed by atoms with van der Waals surface area (Å²) in [4.78, 5) is 17.1. The second-order valence-corrected chi connectivity index (χ2v) is 4.54. The molecule has 0 aliphatic carbocycles. The van der Waals surface area contributed by atoms with E-state index in [2.05, 4.69) is 15.7 Å². The fraction of sp³-hybridized carbons (Fsp3) is 0.308. The molecule has 0 saturated carbocycles. The highest BCUT2D eigenvalue weighted by Gasteiger charge is 2.28. The third-order valence-corrected chi connectivity index (χ3v) is 3.17. The van der Waals surface area contributed by atoms with Crippen LogP contribution in [-0.2, 0) is 29.2 Å². The molecule has 6 nitrogen and oxygen atoms in total. The van der Waals surface area contributed by atoms with Gasteiger partial charge < -0.3 is 4.57 Å². The molecule has 0 spiro atoms. The van der Waals surface area contributed by atoms with Gasteiger partial charge in [0.2, 0.25) is 5.91 Å². The predicted octanol–water partition coefficient (Wildman–Crippen LogP) is 0.698. The van der Waals surface area contributed by atoms with Gasteiger partial charge in [0.1, 0.15) is 12.2 Å². The van der Waals surface area contributed by atoms with Crippen molar-refractivity contribution in [2.75, 3.05) is 0 Å². The van der Waals surface area contributed by atoms with Crippen molar-refractivity contribution in [2.24, 2.45) is 5.92 Å². The first-order valence-electron chi connectivity index (χ1n) is 6.15. The number of fused-ring (bicyclic) bond motifs is 1. The Labute approximate surface area is 110 Å². The molecule has 1 N–H and O–H groups in total. The molecule has 1 aromatic heterocycles. The van der Waals surface area contributed by atoms with Crippen LogP contribution in [0.15, 0.2) is 36.7 Å². The second-order valence-electron chi connectivity index (χ2n) is 4.54. The lowest BCUT2D eigenvalue weighted by Crippen LogP contribution is -2.31. The summed E-state index contributed by atoms with van der Waals surface area (Å²) in [5, 5.41) is 7.74. The number of rotatable bonds is 4. The minimum atomic E-state index is -0.124. The lowest BCUT2D eigenvalue weighted by molar-refractivity contribution is -0.138. The number of nitrogens with zero attached hydrogens (tertiary/aromatic N) is 3. The van der Waals surface area contributed by atoms with Gasteiger partial charge >= 0.3 is 0 Å². The van der Waals surface area contributed by atoms with E-state index in [1.54, 1.807) is 6.33 Å². The van der Waals surface area contributed by atoms with Crippen LogP contribution in [-0.4, -0.2) is 20.7 Å². The van der Waals surface area contributed by atoms with Gasteiger partial charge in [-0.05, 0) is 5.56 Å². The quantitative estimate of drug-likeness (QED) is 0.820. The van der Waals surface area contributed by atoms with E-state index in [9.17, 15) is 4.79 Å². The number of amides is 1. The average Bonchev–Trinajstić information content (AvgIpc) is 3.00. The Morgan fingerprint density at radius 3 is 3.05 bits per heavy atom. The molecule has 19 heavy (non-hydrogen) atoms. The van der Waals surface area contributed by atoms with Crippen molar-refractivity contribution in [1.82, 2.24) is 20.2 Å². The number of hydrogen-bond donors (Lipinski definition) is 1. The largest absolute Gasteiger partial charge is 0.317 e. The maximum Gasteiger partial charge on any atom is 0.248 e. The fourth-order valence-electron chi connectivity index (χ4n) is 2.14. The van der Waals surface area contributed by atoms with E-state index in [-0.39, 0.29) is 11.8 Å². The van der Waals surface area contributed by atoms with Crippen LogP contribution >= 0.6 is 0 Å². The minimum absolute atomic E-state index is 0.110. The van der Waals surface area contributed by atoms with E-state index < -0.39 is 0 Å². The Balaban J connectivity index is 1.46.